The molecule has 3 heterocycles. The molecule has 0 amide bonds. The van der Waals surface area contributed by atoms with Crippen molar-refractivity contribution in [3.63, 3.8) is 0 Å². The Morgan fingerprint density at radius 3 is 2.76 bits per heavy atom. The van der Waals surface area contributed by atoms with Crippen LogP contribution in [0.1, 0.15) is 49.4 Å². The highest BCUT2D eigenvalue weighted by Crippen LogP contribution is 2.33. The zero-order valence-electron chi connectivity index (χ0n) is 15.1. The fraction of sp³-hybridized carbons (Fsp3) is 0.550. The Bertz CT molecular complexity index is 662. The van der Waals surface area contributed by atoms with Gasteiger partial charge in [0.05, 0.1) is 12.4 Å². The summed E-state index contributed by atoms with van der Waals surface area (Å²) in [7, 11) is 0. The summed E-state index contributed by atoms with van der Waals surface area (Å²) in [4.78, 5) is 7.11. The summed E-state index contributed by atoms with van der Waals surface area (Å²) >= 11 is 0. The zero-order chi connectivity index (χ0) is 17.1. The minimum Gasteiger partial charge on any atom is -0.333 e. The summed E-state index contributed by atoms with van der Waals surface area (Å²) < 4.78 is 2.37. The Balaban J connectivity index is 1.50. The highest BCUT2D eigenvalue weighted by molar-refractivity contribution is 5.26. The van der Waals surface area contributed by atoms with Gasteiger partial charge in [0, 0.05) is 36.9 Å². The van der Waals surface area contributed by atoms with Crippen molar-refractivity contribution in [3.8, 4) is 0 Å². The van der Waals surface area contributed by atoms with Gasteiger partial charge < -0.3 is 4.57 Å². The Kier molecular flexibility index (Phi) is 5.15. The molecule has 0 bridgehead atoms. The lowest BCUT2D eigenvalue weighted by atomic mass is 9.92. The summed E-state index contributed by atoms with van der Waals surface area (Å²) in [6, 6.07) is 11.6. The Labute approximate surface area is 150 Å². The molecule has 25 heavy (non-hydrogen) atoms. The molecule has 3 atom stereocenters. The topological polar surface area (TPSA) is 45.1 Å². The van der Waals surface area contributed by atoms with Crippen LogP contribution in [0.25, 0.3) is 0 Å². The van der Waals surface area contributed by atoms with Gasteiger partial charge in [0.1, 0.15) is 0 Å². The van der Waals surface area contributed by atoms with Crippen LogP contribution in [0.3, 0.4) is 0 Å². The maximum atomic E-state index is 4.48. The minimum atomic E-state index is 0.293. The third kappa shape index (κ3) is 3.64. The molecular weight excluding hydrogens is 310 g/mol. The molecule has 5 nitrogen and oxygen atoms in total. The molecular formula is C20H29N5. The van der Waals surface area contributed by atoms with E-state index in [4.69, 9.17) is 0 Å². The van der Waals surface area contributed by atoms with E-state index in [1.165, 1.54) is 43.6 Å². The summed E-state index contributed by atoms with van der Waals surface area (Å²) in [6.45, 7) is 6.79. The molecule has 4 rings (SSSR count). The Hall–Kier alpha value is -1.69. The van der Waals surface area contributed by atoms with Crippen molar-refractivity contribution < 1.29 is 0 Å². The third-order valence-electron chi connectivity index (χ3n) is 5.74. The predicted octanol–water partition coefficient (Wildman–Crippen LogP) is 2.69. The molecule has 2 N–H and O–H groups in total. The molecule has 3 unspecified atom stereocenters. The number of hydrazine groups is 1. The fourth-order valence-corrected chi connectivity index (χ4v) is 4.30. The van der Waals surface area contributed by atoms with Crippen LogP contribution in [0.5, 0.6) is 0 Å². The zero-order valence-corrected chi connectivity index (χ0v) is 15.1. The predicted molar refractivity (Wildman–Crippen MR) is 100 cm³/mol. The number of nitrogens with zero attached hydrogens (tertiary/aromatic N) is 3. The smallest absolute Gasteiger partial charge is 0.0948 e. The minimum absolute atomic E-state index is 0.293. The van der Waals surface area contributed by atoms with Gasteiger partial charge in [0.25, 0.3) is 0 Å². The standard InChI is InChI=1S/C20H29N5/c1-16(24-10-6-3-7-11-24)14-25-15-21-13-19(25)18-12-22-23-20(18)17-8-4-2-5-9-17/h2,4-5,8-9,13,15-16,18,20,22-23H,3,6-7,10-12,14H2,1H3. The van der Waals surface area contributed by atoms with E-state index in [0.29, 0.717) is 18.0 Å². The summed E-state index contributed by atoms with van der Waals surface area (Å²) in [5, 5.41) is 0. The van der Waals surface area contributed by atoms with E-state index in [1.807, 2.05) is 6.33 Å². The fourth-order valence-electron chi connectivity index (χ4n) is 4.30. The average Bonchev–Trinajstić information content (AvgIpc) is 3.32. The van der Waals surface area contributed by atoms with E-state index >= 15 is 0 Å². The molecule has 5 heteroatoms. The van der Waals surface area contributed by atoms with Crippen LogP contribution in [0.2, 0.25) is 0 Å². The molecule has 0 spiro atoms. The number of imidazole rings is 1. The normalized spacial score (nSPS) is 26.0. The number of piperidine rings is 1. The SMILES string of the molecule is CC(Cn1cncc1C1CNNC1c1ccccc1)N1CCCCC1. The van der Waals surface area contributed by atoms with Gasteiger partial charge in [0.15, 0.2) is 0 Å². The summed E-state index contributed by atoms with van der Waals surface area (Å²) in [5.74, 6) is 0.401. The molecule has 0 radical (unpaired) electrons. The largest absolute Gasteiger partial charge is 0.333 e. The molecule has 0 aliphatic carbocycles. The second-order valence-electron chi connectivity index (χ2n) is 7.44. The van der Waals surface area contributed by atoms with Crippen LogP contribution in [-0.2, 0) is 6.54 Å². The number of hydrogen-bond acceptors (Lipinski definition) is 4. The van der Waals surface area contributed by atoms with E-state index in [-0.39, 0.29) is 0 Å². The lowest BCUT2D eigenvalue weighted by Gasteiger charge is -2.33. The number of aromatic nitrogens is 2. The first-order valence-electron chi connectivity index (χ1n) is 9.60. The molecule has 2 saturated heterocycles. The maximum absolute atomic E-state index is 4.48. The number of hydrogen-bond donors (Lipinski definition) is 2. The van der Waals surface area contributed by atoms with E-state index in [1.54, 1.807) is 0 Å². The van der Waals surface area contributed by atoms with Gasteiger partial charge in [-0.3, -0.25) is 10.3 Å². The monoisotopic (exact) mass is 339 g/mol. The van der Waals surface area contributed by atoms with Gasteiger partial charge in [-0.05, 0) is 38.4 Å². The van der Waals surface area contributed by atoms with Gasteiger partial charge in [-0.1, -0.05) is 36.8 Å². The van der Waals surface area contributed by atoms with Crippen molar-refractivity contribution in [1.29, 1.82) is 0 Å². The van der Waals surface area contributed by atoms with Crippen LogP contribution < -0.4 is 10.9 Å². The first-order chi connectivity index (χ1) is 12.3. The molecule has 1 aromatic heterocycles. The molecule has 2 aliphatic heterocycles. The van der Waals surface area contributed by atoms with Crippen molar-refractivity contribution in [2.24, 2.45) is 0 Å². The van der Waals surface area contributed by atoms with Crippen LogP contribution in [0.4, 0.5) is 0 Å². The molecule has 2 aromatic rings. The van der Waals surface area contributed by atoms with Crippen molar-refractivity contribution in [3.05, 3.63) is 54.1 Å². The van der Waals surface area contributed by atoms with E-state index in [9.17, 15) is 0 Å². The average molecular weight is 339 g/mol. The van der Waals surface area contributed by atoms with Crippen LogP contribution in [-0.4, -0.2) is 40.1 Å². The highest BCUT2D eigenvalue weighted by Gasteiger charge is 2.32. The quantitative estimate of drug-likeness (QED) is 0.879. The summed E-state index contributed by atoms with van der Waals surface area (Å²) in [6.07, 6.45) is 8.13. The van der Waals surface area contributed by atoms with E-state index in [2.05, 4.69) is 68.8 Å². The van der Waals surface area contributed by atoms with Gasteiger partial charge in [-0.2, -0.15) is 0 Å². The second kappa shape index (κ2) is 7.68. The molecule has 2 fully saturated rings. The van der Waals surface area contributed by atoms with Gasteiger partial charge in [-0.25, -0.2) is 10.4 Å². The molecule has 1 aromatic carbocycles. The second-order valence-corrected chi connectivity index (χ2v) is 7.44. The molecule has 0 saturated carbocycles. The van der Waals surface area contributed by atoms with Gasteiger partial charge in [0.2, 0.25) is 0 Å². The van der Waals surface area contributed by atoms with Crippen molar-refractivity contribution in [2.45, 2.75) is 50.7 Å². The first-order valence-corrected chi connectivity index (χ1v) is 9.60. The maximum Gasteiger partial charge on any atom is 0.0948 e. The van der Waals surface area contributed by atoms with Crippen molar-refractivity contribution in [1.82, 2.24) is 25.3 Å². The van der Waals surface area contributed by atoms with Crippen LogP contribution >= 0.6 is 0 Å². The van der Waals surface area contributed by atoms with E-state index in [0.717, 1.165) is 13.1 Å². The highest BCUT2D eigenvalue weighted by atomic mass is 15.4. The summed E-state index contributed by atoms with van der Waals surface area (Å²) in [5.41, 5.74) is 9.46. The Morgan fingerprint density at radius 2 is 1.96 bits per heavy atom. The Morgan fingerprint density at radius 1 is 1.16 bits per heavy atom. The third-order valence-corrected chi connectivity index (χ3v) is 5.74. The number of benzene rings is 1. The first kappa shape index (κ1) is 16.8. The lowest BCUT2D eigenvalue weighted by Crippen LogP contribution is -2.40. The molecule has 134 valence electrons. The number of rotatable bonds is 5. The van der Waals surface area contributed by atoms with Gasteiger partial charge in [-0.15, -0.1) is 0 Å². The molecule has 2 aliphatic rings. The van der Waals surface area contributed by atoms with E-state index < -0.39 is 0 Å². The lowest BCUT2D eigenvalue weighted by molar-refractivity contribution is 0.158. The van der Waals surface area contributed by atoms with Crippen LogP contribution in [0.15, 0.2) is 42.9 Å². The van der Waals surface area contributed by atoms with Gasteiger partial charge >= 0.3 is 0 Å². The van der Waals surface area contributed by atoms with Crippen molar-refractivity contribution in [2.75, 3.05) is 19.6 Å². The van der Waals surface area contributed by atoms with Crippen LogP contribution in [0, 0.1) is 0 Å². The van der Waals surface area contributed by atoms with Crippen molar-refractivity contribution >= 4 is 0 Å². The number of likely N-dealkylation sites (tertiary alicyclic amines) is 1. The number of nitrogens with one attached hydrogen (secondary N) is 2.